The molecule has 3 rings (SSSR count). The van der Waals surface area contributed by atoms with E-state index in [0.29, 0.717) is 13.1 Å². The number of benzene rings is 2. The minimum Gasteiger partial charge on any atom is -0.354 e. The molecule has 2 aromatic carbocycles. The Bertz CT molecular complexity index is 827. The van der Waals surface area contributed by atoms with Crippen LogP contribution in [0.3, 0.4) is 0 Å². The third kappa shape index (κ3) is 6.69. The molecule has 1 unspecified atom stereocenters. The van der Waals surface area contributed by atoms with E-state index < -0.39 is 0 Å². The molecule has 1 N–H and O–H groups in total. The van der Waals surface area contributed by atoms with Crippen LogP contribution in [0, 0.1) is 0 Å². The maximum absolute atomic E-state index is 12.8. The first-order valence-electron chi connectivity index (χ1n) is 12.3. The van der Waals surface area contributed by atoms with Gasteiger partial charge in [0.2, 0.25) is 5.91 Å². The summed E-state index contributed by atoms with van der Waals surface area (Å²) in [5.74, 6) is 0.144. The molecule has 0 radical (unpaired) electrons. The molecule has 0 saturated carbocycles. The van der Waals surface area contributed by atoms with Crippen molar-refractivity contribution in [3.05, 3.63) is 48.0 Å². The highest BCUT2D eigenvalue weighted by molar-refractivity contribution is 5.87. The van der Waals surface area contributed by atoms with Crippen molar-refractivity contribution in [1.29, 1.82) is 0 Å². The highest BCUT2D eigenvalue weighted by atomic mass is 35.5. The predicted molar refractivity (Wildman–Crippen MR) is 139 cm³/mol. The molecule has 4 nitrogen and oxygen atoms in total. The van der Waals surface area contributed by atoms with Gasteiger partial charge in [-0.3, -0.25) is 9.69 Å². The van der Waals surface area contributed by atoms with E-state index in [1.165, 1.54) is 42.3 Å². The smallest absolute Gasteiger partial charge is 0.234 e. The van der Waals surface area contributed by atoms with Gasteiger partial charge >= 0.3 is 0 Å². The Balaban J connectivity index is 0.00000363. The fourth-order valence-corrected chi connectivity index (χ4v) is 5.19. The molecule has 1 aliphatic heterocycles. The summed E-state index contributed by atoms with van der Waals surface area (Å²) in [6.45, 7) is 13.0. The van der Waals surface area contributed by atoms with Crippen LogP contribution in [0.4, 0.5) is 0 Å². The highest BCUT2D eigenvalue weighted by Crippen LogP contribution is 2.37. The van der Waals surface area contributed by atoms with Crippen LogP contribution in [0.15, 0.2) is 42.5 Å². The van der Waals surface area contributed by atoms with Crippen LogP contribution >= 0.6 is 12.4 Å². The van der Waals surface area contributed by atoms with E-state index in [0.717, 1.165) is 38.9 Å². The Hall–Kier alpha value is -1.62. The zero-order chi connectivity index (χ0) is 22.1. The average Bonchev–Trinajstić information content (AvgIpc) is 3.33. The molecular weight excluding hydrogens is 418 g/mol. The fourth-order valence-electron chi connectivity index (χ4n) is 5.19. The molecule has 1 amide bonds. The largest absolute Gasteiger partial charge is 0.354 e. The van der Waals surface area contributed by atoms with Crippen molar-refractivity contribution < 1.29 is 4.79 Å². The number of halogens is 1. The molecular formula is C27H42ClN3O. The SMILES string of the molecule is CCCC(CCN1CCCC1)(CNC(=O)CN(CC)CC)c1cccc2ccccc12.Cl. The first kappa shape index (κ1) is 26.6. The molecule has 0 spiro atoms. The zero-order valence-electron chi connectivity index (χ0n) is 20.2. The lowest BCUT2D eigenvalue weighted by molar-refractivity contribution is -0.122. The van der Waals surface area contributed by atoms with Crippen molar-refractivity contribution in [2.75, 3.05) is 45.8 Å². The number of nitrogens with zero attached hydrogens (tertiary/aromatic N) is 2. The molecule has 32 heavy (non-hydrogen) atoms. The van der Waals surface area contributed by atoms with Gasteiger partial charge in [0.25, 0.3) is 0 Å². The molecule has 0 aromatic heterocycles. The van der Waals surface area contributed by atoms with Crippen molar-refractivity contribution in [2.45, 2.75) is 58.3 Å². The van der Waals surface area contributed by atoms with E-state index in [9.17, 15) is 4.79 Å². The Kier molecular flexibility index (Phi) is 11.0. The molecule has 178 valence electrons. The minimum atomic E-state index is -0.0445. The standard InChI is InChI=1S/C27H41N3O.ClH/c1-4-16-27(17-20-30-18-9-10-19-30,22-28-26(31)21-29(5-2)6-3)25-15-11-13-23-12-7-8-14-24(23)25;/h7-8,11-15H,4-6,9-10,16-22H2,1-3H3,(H,28,31);1H. The number of fused-ring (bicyclic) bond motifs is 1. The van der Waals surface area contributed by atoms with Crippen molar-refractivity contribution in [2.24, 2.45) is 0 Å². The van der Waals surface area contributed by atoms with E-state index >= 15 is 0 Å². The number of hydrogen-bond acceptors (Lipinski definition) is 3. The minimum absolute atomic E-state index is 0. The van der Waals surface area contributed by atoms with Gasteiger partial charge in [0.15, 0.2) is 0 Å². The van der Waals surface area contributed by atoms with Gasteiger partial charge in [-0.25, -0.2) is 0 Å². The summed E-state index contributed by atoms with van der Waals surface area (Å²) < 4.78 is 0. The zero-order valence-corrected chi connectivity index (χ0v) is 21.1. The van der Waals surface area contributed by atoms with Crippen LogP contribution in [0.5, 0.6) is 0 Å². The van der Waals surface area contributed by atoms with Crippen molar-refractivity contribution in [1.82, 2.24) is 15.1 Å². The topological polar surface area (TPSA) is 35.6 Å². The van der Waals surface area contributed by atoms with E-state index in [1.54, 1.807) is 0 Å². The first-order valence-corrected chi connectivity index (χ1v) is 12.3. The van der Waals surface area contributed by atoms with E-state index in [1.807, 2.05) is 0 Å². The molecule has 1 atom stereocenters. The summed E-state index contributed by atoms with van der Waals surface area (Å²) in [6.07, 6.45) is 5.90. The Morgan fingerprint density at radius 3 is 2.38 bits per heavy atom. The van der Waals surface area contributed by atoms with Crippen LogP contribution in [0.2, 0.25) is 0 Å². The second-order valence-corrected chi connectivity index (χ2v) is 9.09. The summed E-state index contributed by atoms with van der Waals surface area (Å²) >= 11 is 0. The number of likely N-dealkylation sites (tertiary alicyclic amines) is 1. The molecule has 1 saturated heterocycles. The van der Waals surface area contributed by atoms with Crippen molar-refractivity contribution in [3.8, 4) is 0 Å². The summed E-state index contributed by atoms with van der Waals surface area (Å²) in [4.78, 5) is 17.6. The van der Waals surface area contributed by atoms with Crippen LogP contribution < -0.4 is 5.32 Å². The van der Waals surface area contributed by atoms with E-state index in [-0.39, 0.29) is 23.7 Å². The number of amides is 1. The average molecular weight is 460 g/mol. The molecule has 0 bridgehead atoms. The molecule has 2 aromatic rings. The lowest BCUT2D eigenvalue weighted by atomic mass is 9.72. The number of carbonyl (C=O) groups is 1. The fraction of sp³-hybridized carbons (Fsp3) is 0.593. The van der Waals surface area contributed by atoms with Gasteiger partial charge in [0.05, 0.1) is 6.54 Å². The van der Waals surface area contributed by atoms with Crippen LogP contribution in [0.1, 0.15) is 58.4 Å². The van der Waals surface area contributed by atoms with E-state index in [2.05, 4.69) is 78.4 Å². The van der Waals surface area contributed by atoms with E-state index in [4.69, 9.17) is 0 Å². The maximum atomic E-state index is 12.8. The third-order valence-corrected chi connectivity index (χ3v) is 7.08. The number of hydrogen-bond donors (Lipinski definition) is 1. The second kappa shape index (κ2) is 13.2. The quantitative estimate of drug-likeness (QED) is 0.471. The van der Waals surface area contributed by atoms with Gasteiger partial charge in [-0.05, 0) is 74.7 Å². The van der Waals surface area contributed by atoms with Gasteiger partial charge in [-0.1, -0.05) is 69.7 Å². The van der Waals surface area contributed by atoms with Crippen molar-refractivity contribution in [3.63, 3.8) is 0 Å². The molecule has 1 fully saturated rings. The van der Waals surface area contributed by atoms with Crippen molar-refractivity contribution >= 4 is 29.1 Å². The summed E-state index contributed by atoms with van der Waals surface area (Å²) in [7, 11) is 0. The Labute approximate surface area is 201 Å². The van der Waals surface area contributed by atoms with Gasteiger partial charge in [0.1, 0.15) is 0 Å². The lowest BCUT2D eigenvalue weighted by Crippen LogP contribution is -2.46. The monoisotopic (exact) mass is 459 g/mol. The summed E-state index contributed by atoms with van der Waals surface area (Å²) in [5.41, 5.74) is 1.35. The van der Waals surface area contributed by atoms with Gasteiger partial charge in [-0.15, -0.1) is 12.4 Å². The van der Waals surface area contributed by atoms with Crippen LogP contribution in [0.25, 0.3) is 10.8 Å². The van der Waals surface area contributed by atoms with Gasteiger partial charge in [-0.2, -0.15) is 0 Å². The van der Waals surface area contributed by atoms with Crippen LogP contribution in [-0.4, -0.2) is 61.5 Å². The summed E-state index contributed by atoms with van der Waals surface area (Å²) in [5, 5.41) is 5.97. The lowest BCUT2D eigenvalue weighted by Gasteiger charge is -2.37. The third-order valence-electron chi connectivity index (χ3n) is 7.08. The Morgan fingerprint density at radius 1 is 1.00 bits per heavy atom. The van der Waals surface area contributed by atoms with Gasteiger partial charge in [0, 0.05) is 12.0 Å². The predicted octanol–water partition coefficient (Wildman–Crippen LogP) is 5.24. The Morgan fingerprint density at radius 2 is 1.69 bits per heavy atom. The number of nitrogens with one attached hydrogen (secondary N) is 1. The summed E-state index contributed by atoms with van der Waals surface area (Å²) in [6, 6.07) is 15.4. The molecule has 1 aliphatic rings. The van der Waals surface area contributed by atoms with Gasteiger partial charge < -0.3 is 10.2 Å². The van der Waals surface area contributed by atoms with Crippen LogP contribution in [-0.2, 0) is 10.2 Å². The number of likely N-dealkylation sites (N-methyl/N-ethyl adjacent to an activating group) is 1. The molecule has 1 heterocycles. The molecule has 5 heteroatoms. The number of carbonyl (C=O) groups excluding carboxylic acids is 1. The maximum Gasteiger partial charge on any atom is 0.234 e. The first-order chi connectivity index (χ1) is 15.1. The number of rotatable bonds is 12. The normalized spacial score (nSPS) is 16.1. The second-order valence-electron chi connectivity index (χ2n) is 9.09. The highest BCUT2D eigenvalue weighted by Gasteiger charge is 2.34. The molecule has 0 aliphatic carbocycles.